The van der Waals surface area contributed by atoms with Crippen molar-refractivity contribution in [1.29, 1.82) is 0 Å². The van der Waals surface area contributed by atoms with Crippen LogP contribution in [0.3, 0.4) is 0 Å². The van der Waals surface area contributed by atoms with Crippen molar-refractivity contribution < 1.29 is 9.59 Å². The van der Waals surface area contributed by atoms with E-state index in [0.717, 1.165) is 6.42 Å². The molecule has 5 nitrogen and oxygen atoms in total. The molecule has 2 rings (SSSR count). The Morgan fingerprint density at radius 3 is 2.89 bits per heavy atom. The SMILES string of the molecule is CNC(=O)C1CCCN1C(=O)c1cc(N)ccc1Cl. The third-order valence-corrected chi connectivity index (χ3v) is 3.61. The number of nitrogens with two attached hydrogens (primary N) is 1. The Labute approximate surface area is 116 Å². The van der Waals surface area contributed by atoms with Gasteiger partial charge in [-0.25, -0.2) is 0 Å². The van der Waals surface area contributed by atoms with Crippen LogP contribution in [0.2, 0.25) is 5.02 Å². The summed E-state index contributed by atoms with van der Waals surface area (Å²) in [5.74, 6) is -0.394. The van der Waals surface area contributed by atoms with E-state index in [1.54, 1.807) is 30.1 Å². The smallest absolute Gasteiger partial charge is 0.256 e. The summed E-state index contributed by atoms with van der Waals surface area (Å²) in [5, 5.41) is 2.93. The van der Waals surface area contributed by atoms with Crippen LogP contribution in [-0.4, -0.2) is 36.3 Å². The first-order chi connectivity index (χ1) is 9.04. The number of nitrogens with zero attached hydrogens (tertiary/aromatic N) is 1. The van der Waals surface area contributed by atoms with Gasteiger partial charge in [0.15, 0.2) is 0 Å². The molecule has 1 atom stereocenters. The minimum atomic E-state index is -0.421. The molecule has 1 saturated heterocycles. The normalized spacial score (nSPS) is 18.4. The number of hydrogen-bond donors (Lipinski definition) is 2. The molecule has 0 radical (unpaired) electrons. The molecule has 6 heteroatoms. The van der Waals surface area contributed by atoms with Crippen molar-refractivity contribution in [3.8, 4) is 0 Å². The number of carbonyl (C=O) groups is 2. The fraction of sp³-hybridized carbons (Fsp3) is 0.385. The molecule has 2 amide bonds. The van der Waals surface area contributed by atoms with Crippen molar-refractivity contribution in [1.82, 2.24) is 10.2 Å². The molecule has 1 unspecified atom stereocenters. The van der Waals surface area contributed by atoms with Gasteiger partial charge < -0.3 is 16.0 Å². The second kappa shape index (κ2) is 5.48. The second-order valence-electron chi connectivity index (χ2n) is 4.51. The van der Waals surface area contributed by atoms with Crippen LogP contribution >= 0.6 is 11.6 Å². The molecule has 1 fully saturated rings. The molecule has 0 bridgehead atoms. The average Bonchev–Trinajstić information content (AvgIpc) is 2.89. The van der Waals surface area contributed by atoms with E-state index in [9.17, 15) is 9.59 Å². The number of hydrogen-bond acceptors (Lipinski definition) is 3. The highest BCUT2D eigenvalue weighted by Gasteiger charge is 2.34. The Hall–Kier alpha value is -1.75. The lowest BCUT2D eigenvalue weighted by Gasteiger charge is -2.23. The van der Waals surface area contributed by atoms with E-state index in [-0.39, 0.29) is 11.8 Å². The summed E-state index contributed by atoms with van der Waals surface area (Å²) in [6, 6.07) is 4.35. The highest BCUT2D eigenvalue weighted by molar-refractivity contribution is 6.34. The zero-order valence-corrected chi connectivity index (χ0v) is 11.4. The van der Waals surface area contributed by atoms with Gasteiger partial charge in [-0.15, -0.1) is 0 Å². The van der Waals surface area contributed by atoms with Gasteiger partial charge in [0, 0.05) is 19.3 Å². The van der Waals surface area contributed by atoms with Gasteiger partial charge in [0.05, 0.1) is 10.6 Å². The number of anilines is 1. The van der Waals surface area contributed by atoms with E-state index in [0.29, 0.717) is 29.2 Å². The van der Waals surface area contributed by atoms with E-state index in [4.69, 9.17) is 17.3 Å². The fourth-order valence-electron chi connectivity index (χ4n) is 2.31. The van der Waals surface area contributed by atoms with Gasteiger partial charge in [-0.05, 0) is 31.0 Å². The van der Waals surface area contributed by atoms with Crippen LogP contribution in [0.15, 0.2) is 18.2 Å². The van der Waals surface area contributed by atoms with Gasteiger partial charge in [-0.3, -0.25) is 9.59 Å². The molecular formula is C13H16ClN3O2. The van der Waals surface area contributed by atoms with Gasteiger partial charge in [0.1, 0.15) is 6.04 Å². The Kier molecular flexibility index (Phi) is 3.95. The van der Waals surface area contributed by atoms with E-state index in [1.807, 2.05) is 0 Å². The molecule has 102 valence electrons. The predicted octanol–water partition coefficient (Wildman–Crippen LogP) is 1.27. The summed E-state index contributed by atoms with van der Waals surface area (Å²) in [7, 11) is 1.57. The van der Waals surface area contributed by atoms with Crippen molar-refractivity contribution in [2.45, 2.75) is 18.9 Å². The Balaban J connectivity index is 2.28. The first-order valence-electron chi connectivity index (χ1n) is 6.12. The summed E-state index contributed by atoms with van der Waals surface area (Å²) in [4.78, 5) is 25.8. The lowest BCUT2D eigenvalue weighted by molar-refractivity contribution is -0.124. The third kappa shape index (κ3) is 2.66. The fourth-order valence-corrected chi connectivity index (χ4v) is 2.51. The maximum atomic E-state index is 12.5. The maximum Gasteiger partial charge on any atom is 0.256 e. The van der Waals surface area contributed by atoms with Gasteiger partial charge in [-0.1, -0.05) is 11.6 Å². The van der Waals surface area contributed by atoms with Crippen LogP contribution in [-0.2, 0) is 4.79 Å². The molecule has 1 aromatic rings. The number of halogens is 1. The van der Waals surface area contributed by atoms with E-state index < -0.39 is 6.04 Å². The van der Waals surface area contributed by atoms with Gasteiger partial charge in [0.25, 0.3) is 5.91 Å². The number of rotatable bonds is 2. The van der Waals surface area contributed by atoms with Gasteiger partial charge in [-0.2, -0.15) is 0 Å². The Bertz CT molecular complexity index is 519. The standard InChI is InChI=1S/C13H16ClN3O2/c1-16-12(18)11-3-2-6-17(11)13(19)9-7-8(15)4-5-10(9)14/h4-5,7,11H,2-3,6,15H2,1H3,(H,16,18). The van der Waals surface area contributed by atoms with Crippen LogP contribution < -0.4 is 11.1 Å². The lowest BCUT2D eigenvalue weighted by Crippen LogP contribution is -2.45. The summed E-state index contributed by atoms with van der Waals surface area (Å²) < 4.78 is 0. The number of benzene rings is 1. The zero-order chi connectivity index (χ0) is 14.0. The van der Waals surface area contributed by atoms with E-state index in [2.05, 4.69) is 5.32 Å². The molecule has 1 aromatic carbocycles. The summed E-state index contributed by atoms with van der Waals surface area (Å²) in [6.07, 6.45) is 1.48. The average molecular weight is 282 g/mol. The molecule has 3 N–H and O–H groups in total. The molecule has 0 spiro atoms. The highest BCUT2D eigenvalue weighted by Crippen LogP contribution is 2.25. The van der Waals surface area contributed by atoms with Gasteiger partial charge >= 0.3 is 0 Å². The number of nitrogens with one attached hydrogen (secondary N) is 1. The largest absolute Gasteiger partial charge is 0.399 e. The van der Waals surface area contributed by atoms with Crippen molar-refractivity contribution in [2.24, 2.45) is 0 Å². The first kappa shape index (κ1) is 13.7. The van der Waals surface area contributed by atoms with E-state index in [1.165, 1.54) is 0 Å². The van der Waals surface area contributed by atoms with Crippen molar-refractivity contribution in [2.75, 3.05) is 19.3 Å². The van der Waals surface area contributed by atoms with Crippen LogP contribution in [0.5, 0.6) is 0 Å². The maximum absolute atomic E-state index is 12.5. The summed E-state index contributed by atoms with van der Waals surface area (Å²) in [5.41, 5.74) is 6.50. The molecule has 0 aliphatic carbocycles. The Morgan fingerprint density at radius 1 is 1.47 bits per heavy atom. The minimum absolute atomic E-state index is 0.147. The monoisotopic (exact) mass is 281 g/mol. The van der Waals surface area contributed by atoms with Crippen molar-refractivity contribution in [3.63, 3.8) is 0 Å². The van der Waals surface area contributed by atoms with Crippen LogP contribution in [0.4, 0.5) is 5.69 Å². The molecule has 0 saturated carbocycles. The summed E-state index contributed by atoms with van der Waals surface area (Å²) in [6.45, 7) is 0.558. The molecule has 19 heavy (non-hydrogen) atoms. The van der Waals surface area contributed by atoms with E-state index >= 15 is 0 Å². The topological polar surface area (TPSA) is 75.4 Å². The number of amides is 2. The van der Waals surface area contributed by atoms with Crippen LogP contribution in [0.25, 0.3) is 0 Å². The lowest BCUT2D eigenvalue weighted by atomic mass is 10.1. The predicted molar refractivity (Wildman–Crippen MR) is 74.0 cm³/mol. The van der Waals surface area contributed by atoms with Crippen LogP contribution in [0.1, 0.15) is 23.2 Å². The third-order valence-electron chi connectivity index (χ3n) is 3.28. The number of likely N-dealkylation sites (N-methyl/N-ethyl adjacent to an activating group) is 1. The van der Waals surface area contributed by atoms with Crippen molar-refractivity contribution >= 4 is 29.1 Å². The minimum Gasteiger partial charge on any atom is -0.399 e. The number of likely N-dealkylation sites (tertiary alicyclic amines) is 1. The molecule has 1 heterocycles. The Morgan fingerprint density at radius 2 is 2.21 bits per heavy atom. The second-order valence-corrected chi connectivity index (χ2v) is 4.92. The highest BCUT2D eigenvalue weighted by atomic mass is 35.5. The molecule has 1 aliphatic rings. The molecular weight excluding hydrogens is 266 g/mol. The zero-order valence-electron chi connectivity index (χ0n) is 10.6. The molecule has 0 aromatic heterocycles. The first-order valence-corrected chi connectivity index (χ1v) is 6.50. The number of nitrogen functional groups attached to an aromatic ring is 1. The molecule has 1 aliphatic heterocycles. The van der Waals surface area contributed by atoms with Crippen molar-refractivity contribution in [3.05, 3.63) is 28.8 Å². The number of carbonyl (C=O) groups excluding carboxylic acids is 2. The quantitative estimate of drug-likeness (QED) is 0.802. The summed E-state index contributed by atoms with van der Waals surface area (Å²) >= 11 is 6.03. The van der Waals surface area contributed by atoms with Gasteiger partial charge in [0.2, 0.25) is 5.91 Å². The van der Waals surface area contributed by atoms with Crippen LogP contribution in [0, 0.1) is 0 Å².